The first-order valence-electron chi connectivity index (χ1n) is 5.13. The maximum absolute atomic E-state index is 6.25. The number of alkyl halides is 1. The lowest BCUT2D eigenvalue weighted by atomic mass is 10.1. The molecule has 1 aromatic carbocycles. The minimum Gasteiger partial charge on any atom is -0.118 e. The number of unbranched alkanes of at least 4 members (excludes halogenated alkanes) is 2. The van der Waals surface area contributed by atoms with Crippen LogP contribution >= 0.6 is 23.2 Å². The van der Waals surface area contributed by atoms with Gasteiger partial charge < -0.3 is 0 Å². The van der Waals surface area contributed by atoms with Crippen molar-refractivity contribution >= 4 is 23.2 Å². The Hall–Kier alpha value is -0.200. The zero-order valence-corrected chi connectivity index (χ0v) is 9.98. The van der Waals surface area contributed by atoms with E-state index in [9.17, 15) is 0 Å². The molecule has 0 aliphatic heterocycles. The standard InChI is InChI=1S/C12H16Cl2/c1-2-3-4-5-12(14)10-6-8-11(13)9-7-10/h6-9,12H,2-5H2,1H3. The van der Waals surface area contributed by atoms with Gasteiger partial charge in [0.05, 0.1) is 5.38 Å². The van der Waals surface area contributed by atoms with Crippen molar-refractivity contribution < 1.29 is 0 Å². The summed E-state index contributed by atoms with van der Waals surface area (Å²) in [6, 6.07) is 7.80. The molecule has 78 valence electrons. The molecule has 0 saturated heterocycles. The van der Waals surface area contributed by atoms with Gasteiger partial charge >= 0.3 is 0 Å². The molecule has 1 atom stereocenters. The fourth-order valence-corrected chi connectivity index (χ4v) is 1.84. The van der Waals surface area contributed by atoms with Crippen LogP contribution in [0.15, 0.2) is 24.3 Å². The van der Waals surface area contributed by atoms with Gasteiger partial charge in [0.25, 0.3) is 0 Å². The predicted octanol–water partition coefficient (Wildman–Crippen LogP) is 5.20. The number of halogens is 2. The van der Waals surface area contributed by atoms with E-state index in [-0.39, 0.29) is 5.38 Å². The van der Waals surface area contributed by atoms with Crippen LogP contribution in [0.5, 0.6) is 0 Å². The van der Waals surface area contributed by atoms with Gasteiger partial charge in [-0.05, 0) is 24.1 Å². The van der Waals surface area contributed by atoms with E-state index in [1.54, 1.807) is 0 Å². The van der Waals surface area contributed by atoms with Gasteiger partial charge in [-0.2, -0.15) is 0 Å². The van der Waals surface area contributed by atoms with Crippen molar-refractivity contribution in [3.63, 3.8) is 0 Å². The minimum atomic E-state index is 0.138. The molecule has 0 spiro atoms. The molecule has 0 amide bonds. The van der Waals surface area contributed by atoms with Gasteiger partial charge in [0, 0.05) is 5.02 Å². The monoisotopic (exact) mass is 230 g/mol. The lowest BCUT2D eigenvalue weighted by molar-refractivity contribution is 0.655. The topological polar surface area (TPSA) is 0 Å². The van der Waals surface area contributed by atoms with Gasteiger partial charge in [0.1, 0.15) is 0 Å². The van der Waals surface area contributed by atoms with Crippen LogP contribution in [0.3, 0.4) is 0 Å². The Morgan fingerprint density at radius 2 is 1.79 bits per heavy atom. The molecule has 1 rings (SSSR count). The average molecular weight is 231 g/mol. The molecule has 0 nitrogen and oxygen atoms in total. The van der Waals surface area contributed by atoms with E-state index >= 15 is 0 Å². The van der Waals surface area contributed by atoms with Crippen LogP contribution in [0.25, 0.3) is 0 Å². The number of benzene rings is 1. The third-order valence-corrected chi connectivity index (χ3v) is 3.01. The van der Waals surface area contributed by atoms with Gasteiger partial charge in [-0.25, -0.2) is 0 Å². The second-order valence-electron chi connectivity index (χ2n) is 3.51. The van der Waals surface area contributed by atoms with Crippen LogP contribution in [-0.4, -0.2) is 0 Å². The first kappa shape index (κ1) is 11.9. The van der Waals surface area contributed by atoms with Crippen molar-refractivity contribution in [3.05, 3.63) is 34.9 Å². The first-order chi connectivity index (χ1) is 6.74. The smallest absolute Gasteiger partial charge is 0.0585 e. The summed E-state index contributed by atoms with van der Waals surface area (Å²) in [5, 5.41) is 0.907. The highest BCUT2D eigenvalue weighted by atomic mass is 35.5. The highest BCUT2D eigenvalue weighted by Crippen LogP contribution is 2.27. The third-order valence-electron chi connectivity index (χ3n) is 2.29. The molecule has 1 unspecified atom stereocenters. The summed E-state index contributed by atoms with van der Waals surface area (Å²) in [4.78, 5) is 0. The van der Waals surface area contributed by atoms with E-state index in [4.69, 9.17) is 23.2 Å². The van der Waals surface area contributed by atoms with Gasteiger partial charge in [0.15, 0.2) is 0 Å². The van der Waals surface area contributed by atoms with Gasteiger partial charge in [-0.15, -0.1) is 11.6 Å². The highest BCUT2D eigenvalue weighted by Gasteiger charge is 2.06. The van der Waals surface area contributed by atoms with E-state index in [0.717, 1.165) is 11.4 Å². The molecule has 1 aromatic rings. The van der Waals surface area contributed by atoms with E-state index in [1.807, 2.05) is 24.3 Å². The molecule has 0 heterocycles. The Morgan fingerprint density at radius 1 is 1.14 bits per heavy atom. The normalized spacial score (nSPS) is 12.8. The van der Waals surface area contributed by atoms with Crippen LogP contribution in [0.1, 0.15) is 43.5 Å². The van der Waals surface area contributed by atoms with Gasteiger partial charge in [-0.3, -0.25) is 0 Å². The molecular weight excluding hydrogens is 215 g/mol. The van der Waals surface area contributed by atoms with Crippen molar-refractivity contribution in [2.24, 2.45) is 0 Å². The van der Waals surface area contributed by atoms with Crippen LogP contribution in [-0.2, 0) is 0 Å². The molecule has 0 aliphatic carbocycles. The fraction of sp³-hybridized carbons (Fsp3) is 0.500. The second-order valence-corrected chi connectivity index (χ2v) is 4.48. The third kappa shape index (κ3) is 3.89. The Labute approximate surface area is 96.2 Å². The Bertz CT molecular complexity index is 254. The van der Waals surface area contributed by atoms with Crippen molar-refractivity contribution in [3.8, 4) is 0 Å². The summed E-state index contributed by atoms with van der Waals surface area (Å²) in [5.41, 5.74) is 1.17. The SMILES string of the molecule is CCCCCC(Cl)c1ccc(Cl)cc1. The average Bonchev–Trinajstić information content (AvgIpc) is 2.19. The quantitative estimate of drug-likeness (QED) is 0.482. The largest absolute Gasteiger partial charge is 0.118 e. The van der Waals surface area contributed by atoms with E-state index in [1.165, 1.54) is 24.8 Å². The summed E-state index contributed by atoms with van der Waals surface area (Å²) < 4.78 is 0. The van der Waals surface area contributed by atoms with Crippen LogP contribution in [0, 0.1) is 0 Å². The summed E-state index contributed by atoms with van der Waals surface area (Å²) in [6.45, 7) is 2.20. The van der Waals surface area contributed by atoms with E-state index < -0.39 is 0 Å². The number of rotatable bonds is 5. The predicted molar refractivity (Wildman–Crippen MR) is 64.2 cm³/mol. The zero-order chi connectivity index (χ0) is 10.4. The van der Waals surface area contributed by atoms with Crippen molar-refractivity contribution in [1.29, 1.82) is 0 Å². The van der Waals surface area contributed by atoms with Crippen LogP contribution in [0.4, 0.5) is 0 Å². The summed E-state index contributed by atoms with van der Waals surface area (Å²) in [6.07, 6.45) is 4.76. The molecule has 0 aliphatic rings. The van der Waals surface area contributed by atoms with E-state index in [0.29, 0.717) is 0 Å². The molecule has 0 bridgehead atoms. The molecule has 0 fully saturated rings. The lowest BCUT2D eigenvalue weighted by Crippen LogP contribution is -1.90. The van der Waals surface area contributed by atoms with Crippen LogP contribution < -0.4 is 0 Å². The molecule has 2 heteroatoms. The van der Waals surface area contributed by atoms with E-state index in [2.05, 4.69) is 6.92 Å². The summed E-state index contributed by atoms with van der Waals surface area (Å²) in [7, 11) is 0. The Morgan fingerprint density at radius 3 is 2.36 bits per heavy atom. The zero-order valence-electron chi connectivity index (χ0n) is 8.47. The van der Waals surface area contributed by atoms with Gasteiger partial charge in [-0.1, -0.05) is 49.9 Å². The van der Waals surface area contributed by atoms with Crippen molar-refractivity contribution in [1.82, 2.24) is 0 Å². The maximum Gasteiger partial charge on any atom is 0.0585 e. The number of hydrogen-bond acceptors (Lipinski definition) is 0. The van der Waals surface area contributed by atoms with Crippen molar-refractivity contribution in [2.75, 3.05) is 0 Å². The second kappa shape index (κ2) is 6.31. The maximum atomic E-state index is 6.25. The first-order valence-corrected chi connectivity index (χ1v) is 5.95. The van der Waals surface area contributed by atoms with Gasteiger partial charge in [0.2, 0.25) is 0 Å². The molecule has 14 heavy (non-hydrogen) atoms. The molecule has 0 N–H and O–H groups in total. The Kier molecular flexibility index (Phi) is 5.36. The molecular formula is C12H16Cl2. The molecule has 0 saturated carbocycles. The van der Waals surface area contributed by atoms with Crippen LogP contribution in [0.2, 0.25) is 5.02 Å². The fourth-order valence-electron chi connectivity index (χ4n) is 1.41. The number of hydrogen-bond donors (Lipinski definition) is 0. The highest BCUT2D eigenvalue weighted by molar-refractivity contribution is 6.30. The molecule has 0 aromatic heterocycles. The Balaban J connectivity index is 2.43. The molecule has 0 radical (unpaired) electrons. The lowest BCUT2D eigenvalue weighted by Gasteiger charge is -2.09. The van der Waals surface area contributed by atoms with Crippen molar-refractivity contribution in [2.45, 2.75) is 38.0 Å². The summed E-state index contributed by atoms with van der Waals surface area (Å²) >= 11 is 12.1. The minimum absolute atomic E-state index is 0.138. The summed E-state index contributed by atoms with van der Waals surface area (Å²) in [5.74, 6) is 0.